The topological polar surface area (TPSA) is 99.8 Å². The van der Waals surface area contributed by atoms with Gasteiger partial charge in [0, 0.05) is 25.1 Å². The number of likely N-dealkylation sites (tertiary alicyclic amines) is 1. The number of hydrogen-bond donors (Lipinski definition) is 3. The molecular formula is C22H23BrN4O4S. The molecule has 1 heterocycles. The third-order valence-corrected chi connectivity index (χ3v) is 5.65. The number of nitrogens with zero attached hydrogens (tertiary/aromatic N) is 1. The number of amides is 3. The normalized spacial score (nSPS) is 15.2. The third kappa shape index (κ3) is 6.27. The molecule has 1 aliphatic rings. The van der Waals surface area contributed by atoms with Crippen molar-refractivity contribution in [3.63, 3.8) is 0 Å². The van der Waals surface area contributed by atoms with Crippen LogP contribution in [0.3, 0.4) is 0 Å². The number of carbonyl (C=O) groups excluding carboxylic acids is 3. The second kappa shape index (κ2) is 11.1. The standard InChI is InChI=1S/C22H23BrN4O4S/c1-2-31-18-9-8-15(10-17(18)23)20(29)24-22(32)26-25-21(30)16-11-19(28)27(13-16)12-14-6-4-3-5-7-14/h3-10,16H,2,11-13H2,1H3,(H,25,30)(H2,24,26,29,32). The van der Waals surface area contributed by atoms with E-state index in [2.05, 4.69) is 32.1 Å². The third-order valence-electron chi connectivity index (χ3n) is 4.82. The number of ether oxygens (including phenoxy) is 1. The molecular weight excluding hydrogens is 496 g/mol. The van der Waals surface area contributed by atoms with Crippen molar-refractivity contribution < 1.29 is 19.1 Å². The van der Waals surface area contributed by atoms with E-state index in [0.717, 1.165) is 5.56 Å². The van der Waals surface area contributed by atoms with Crippen molar-refractivity contribution in [3.8, 4) is 5.75 Å². The lowest BCUT2D eigenvalue weighted by molar-refractivity contribution is -0.129. The van der Waals surface area contributed by atoms with E-state index in [0.29, 0.717) is 35.5 Å². The molecule has 1 fully saturated rings. The smallest absolute Gasteiger partial charge is 0.257 e. The van der Waals surface area contributed by atoms with Crippen LogP contribution in [0.2, 0.25) is 0 Å². The van der Waals surface area contributed by atoms with E-state index < -0.39 is 11.8 Å². The fourth-order valence-electron chi connectivity index (χ4n) is 3.25. The van der Waals surface area contributed by atoms with Crippen molar-refractivity contribution in [2.24, 2.45) is 5.92 Å². The number of rotatable bonds is 6. The van der Waals surface area contributed by atoms with Crippen LogP contribution < -0.4 is 20.9 Å². The van der Waals surface area contributed by atoms with Gasteiger partial charge in [0.1, 0.15) is 5.75 Å². The highest BCUT2D eigenvalue weighted by Gasteiger charge is 2.34. The summed E-state index contributed by atoms with van der Waals surface area (Å²) in [6.45, 7) is 3.16. The van der Waals surface area contributed by atoms with Crippen LogP contribution in [0, 0.1) is 5.92 Å². The zero-order valence-electron chi connectivity index (χ0n) is 17.4. The van der Waals surface area contributed by atoms with Gasteiger partial charge in [-0.05, 0) is 58.8 Å². The molecule has 32 heavy (non-hydrogen) atoms. The van der Waals surface area contributed by atoms with Crippen LogP contribution in [0.15, 0.2) is 53.0 Å². The van der Waals surface area contributed by atoms with Crippen molar-refractivity contribution in [1.29, 1.82) is 0 Å². The van der Waals surface area contributed by atoms with Crippen molar-refractivity contribution in [2.75, 3.05) is 13.2 Å². The van der Waals surface area contributed by atoms with Crippen LogP contribution in [0.1, 0.15) is 29.3 Å². The van der Waals surface area contributed by atoms with Crippen LogP contribution in [0.25, 0.3) is 0 Å². The van der Waals surface area contributed by atoms with Gasteiger partial charge >= 0.3 is 0 Å². The maximum absolute atomic E-state index is 12.4. The summed E-state index contributed by atoms with van der Waals surface area (Å²) in [6, 6.07) is 14.5. The van der Waals surface area contributed by atoms with Gasteiger partial charge < -0.3 is 9.64 Å². The molecule has 3 rings (SSSR count). The number of carbonyl (C=O) groups is 3. The van der Waals surface area contributed by atoms with Crippen LogP contribution in [-0.4, -0.2) is 40.9 Å². The Bertz CT molecular complexity index is 1020. The molecule has 1 aliphatic heterocycles. The maximum atomic E-state index is 12.4. The van der Waals surface area contributed by atoms with E-state index in [1.165, 1.54) is 0 Å². The number of hydrazine groups is 1. The fourth-order valence-corrected chi connectivity index (χ4v) is 3.88. The van der Waals surface area contributed by atoms with E-state index in [1.54, 1.807) is 23.1 Å². The van der Waals surface area contributed by atoms with Crippen LogP contribution in [0.4, 0.5) is 0 Å². The van der Waals surface area contributed by atoms with Gasteiger partial charge in [0.2, 0.25) is 11.8 Å². The first-order chi connectivity index (χ1) is 15.4. The summed E-state index contributed by atoms with van der Waals surface area (Å²) >= 11 is 8.44. The predicted molar refractivity (Wildman–Crippen MR) is 127 cm³/mol. The Morgan fingerprint density at radius 2 is 1.94 bits per heavy atom. The second-order valence-electron chi connectivity index (χ2n) is 7.14. The minimum absolute atomic E-state index is 0.0566. The molecule has 0 saturated carbocycles. The molecule has 0 aliphatic carbocycles. The summed E-state index contributed by atoms with van der Waals surface area (Å²) in [5, 5.41) is 2.44. The van der Waals surface area contributed by atoms with Crippen LogP contribution in [-0.2, 0) is 16.1 Å². The van der Waals surface area contributed by atoms with E-state index in [1.807, 2.05) is 37.3 Å². The van der Waals surface area contributed by atoms with Gasteiger partial charge in [-0.3, -0.25) is 30.6 Å². The monoisotopic (exact) mass is 518 g/mol. The number of hydrogen-bond acceptors (Lipinski definition) is 5. The molecule has 0 radical (unpaired) electrons. The highest BCUT2D eigenvalue weighted by Crippen LogP contribution is 2.26. The lowest BCUT2D eigenvalue weighted by Gasteiger charge is -2.17. The molecule has 3 amide bonds. The van der Waals surface area contributed by atoms with E-state index in [4.69, 9.17) is 17.0 Å². The van der Waals surface area contributed by atoms with Gasteiger partial charge in [-0.2, -0.15) is 0 Å². The van der Waals surface area contributed by atoms with Gasteiger partial charge in [-0.1, -0.05) is 30.3 Å². The molecule has 1 saturated heterocycles. The highest BCUT2D eigenvalue weighted by molar-refractivity contribution is 9.10. The van der Waals surface area contributed by atoms with E-state index in [9.17, 15) is 14.4 Å². The average Bonchev–Trinajstić information content (AvgIpc) is 3.14. The van der Waals surface area contributed by atoms with Gasteiger partial charge in [0.05, 0.1) is 17.0 Å². The average molecular weight is 519 g/mol. The number of thiocarbonyl (C=S) groups is 1. The molecule has 168 valence electrons. The Kier molecular flexibility index (Phi) is 8.18. The van der Waals surface area contributed by atoms with Crippen LogP contribution in [0.5, 0.6) is 5.75 Å². The summed E-state index contributed by atoms with van der Waals surface area (Å²) in [6.07, 6.45) is 0.125. The summed E-state index contributed by atoms with van der Waals surface area (Å²) in [5.41, 5.74) is 6.36. The van der Waals surface area contributed by atoms with Gasteiger partial charge in [-0.25, -0.2) is 0 Å². The summed E-state index contributed by atoms with van der Waals surface area (Å²) in [4.78, 5) is 38.7. The largest absolute Gasteiger partial charge is 0.493 e. The fraction of sp³-hybridized carbons (Fsp3) is 0.273. The van der Waals surface area contributed by atoms with Gasteiger partial charge in [0.15, 0.2) is 5.11 Å². The zero-order chi connectivity index (χ0) is 23.1. The molecule has 8 nitrogen and oxygen atoms in total. The first-order valence-corrected chi connectivity index (χ1v) is 11.2. The number of nitrogens with one attached hydrogen (secondary N) is 3. The Morgan fingerprint density at radius 1 is 1.19 bits per heavy atom. The zero-order valence-corrected chi connectivity index (χ0v) is 19.8. The molecule has 0 aromatic heterocycles. The molecule has 10 heteroatoms. The molecule has 3 N–H and O–H groups in total. The summed E-state index contributed by atoms with van der Waals surface area (Å²) in [5.74, 6) is -0.755. The molecule has 2 aromatic rings. The predicted octanol–water partition coefficient (Wildman–Crippen LogP) is 2.53. The quantitative estimate of drug-likeness (QED) is 0.401. The lowest BCUT2D eigenvalue weighted by Crippen LogP contribution is -2.50. The van der Waals surface area contributed by atoms with Crippen molar-refractivity contribution >= 4 is 51.0 Å². The first-order valence-electron chi connectivity index (χ1n) is 10.0. The van der Waals surface area contributed by atoms with Crippen molar-refractivity contribution in [1.82, 2.24) is 21.1 Å². The lowest BCUT2D eigenvalue weighted by atomic mass is 10.1. The SMILES string of the molecule is CCOc1ccc(C(=O)NC(=S)NNC(=O)C2CC(=O)N(Cc3ccccc3)C2)cc1Br. The minimum Gasteiger partial charge on any atom is -0.493 e. The Labute approximate surface area is 199 Å². The molecule has 2 aromatic carbocycles. The number of halogens is 1. The van der Waals surface area contributed by atoms with Gasteiger partial charge in [0.25, 0.3) is 5.91 Å². The molecule has 1 atom stereocenters. The summed E-state index contributed by atoms with van der Waals surface area (Å²) in [7, 11) is 0. The van der Waals surface area contributed by atoms with Crippen molar-refractivity contribution in [3.05, 3.63) is 64.1 Å². The number of benzene rings is 2. The minimum atomic E-state index is -0.501. The van der Waals surface area contributed by atoms with Crippen molar-refractivity contribution in [2.45, 2.75) is 19.9 Å². The Balaban J connectivity index is 1.46. The molecule has 1 unspecified atom stereocenters. The highest BCUT2D eigenvalue weighted by atomic mass is 79.9. The van der Waals surface area contributed by atoms with Gasteiger partial charge in [-0.15, -0.1) is 0 Å². The maximum Gasteiger partial charge on any atom is 0.257 e. The Hall–Kier alpha value is -2.98. The van der Waals surface area contributed by atoms with E-state index >= 15 is 0 Å². The second-order valence-corrected chi connectivity index (χ2v) is 8.40. The molecule has 0 spiro atoms. The Morgan fingerprint density at radius 3 is 2.62 bits per heavy atom. The van der Waals surface area contributed by atoms with Crippen LogP contribution >= 0.6 is 28.1 Å². The van der Waals surface area contributed by atoms with E-state index in [-0.39, 0.29) is 23.3 Å². The summed E-state index contributed by atoms with van der Waals surface area (Å²) < 4.78 is 6.07. The first kappa shape index (κ1) is 23.7. The molecule has 0 bridgehead atoms.